The molecule has 0 bridgehead atoms. The van der Waals surface area contributed by atoms with Gasteiger partial charge in [0.2, 0.25) is 5.91 Å². The first-order valence-corrected chi connectivity index (χ1v) is 8.07. The molecule has 1 aliphatic carbocycles. The van der Waals surface area contributed by atoms with Gasteiger partial charge in [-0.05, 0) is 51.8 Å². The Morgan fingerprint density at radius 2 is 2.05 bits per heavy atom. The van der Waals surface area contributed by atoms with Crippen LogP contribution in [0.2, 0.25) is 0 Å². The van der Waals surface area contributed by atoms with Crippen LogP contribution in [-0.2, 0) is 4.79 Å². The first kappa shape index (κ1) is 15.2. The number of carbonyl (C=O) groups is 1. The van der Waals surface area contributed by atoms with Gasteiger partial charge in [0.25, 0.3) is 0 Å². The highest BCUT2D eigenvalue weighted by Crippen LogP contribution is 2.48. The summed E-state index contributed by atoms with van der Waals surface area (Å²) in [6, 6.07) is 0. The van der Waals surface area contributed by atoms with Crippen molar-refractivity contribution in [2.75, 3.05) is 13.1 Å². The molecular weight excluding hydrogens is 274 g/mol. The number of piperidine rings is 1. The number of allylic oxidation sites excluding steroid dienone is 4. The van der Waals surface area contributed by atoms with E-state index < -0.39 is 0 Å². The second-order valence-corrected chi connectivity index (χ2v) is 7.16. The monoisotopic (exact) mass is 299 g/mol. The molecule has 0 aromatic rings. The van der Waals surface area contributed by atoms with Crippen molar-refractivity contribution in [3.05, 3.63) is 36.1 Å². The molecular formula is C18H25N3O. The molecule has 1 amide bonds. The van der Waals surface area contributed by atoms with E-state index in [0.717, 1.165) is 13.1 Å². The van der Waals surface area contributed by atoms with Gasteiger partial charge in [-0.25, -0.2) is 0 Å². The molecule has 2 aliphatic heterocycles. The molecule has 4 nitrogen and oxygen atoms in total. The molecule has 0 aromatic heterocycles. The summed E-state index contributed by atoms with van der Waals surface area (Å²) in [4.78, 5) is 16.9. The van der Waals surface area contributed by atoms with E-state index in [1.807, 2.05) is 18.4 Å². The maximum absolute atomic E-state index is 12.5. The van der Waals surface area contributed by atoms with Crippen molar-refractivity contribution in [1.29, 1.82) is 0 Å². The number of nitrogens with one attached hydrogen (secondary N) is 2. The number of hydrogen-bond donors (Lipinski definition) is 2. The number of fused-ring (bicyclic) bond motifs is 1. The van der Waals surface area contributed by atoms with Crippen LogP contribution < -0.4 is 10.6 Å². The number of hydrogen-bond acceptors (Lipinski definition) is 3. The van der Waals surface area contributed by atoms with E-state index in [2.05, 4.69) is 48.5 Å². The highest BCUT2D eigenvalue weighted by Gasteiger charge is 2.57. The van der Waals surface area contributed by atoms with Gasteiger partial charge in [-0.2, -0.15) is 0 Å². The number of aliphatic imine (C=N–C) groups is 1. The fourth-order valence-electron chi connectivity index (χ4n) is 3.52. The summed E-state index contributed by atoms with van der Waals surface area (Å²) in [5.74, 6) is 1.58. The smallest absolute Gasteiger partial charge is 0.224 e. The van der Waals surface area contributed by atoms with Crippen molar-refractivity contribution in [2.24, 2.45) is 28.7 Å². The van der Waals surface area contributed by atoms with Crippen molar-refractivity contribution in [1.82, 2.24) is 10.6 Å². The Morgan fingerprint density at radius 1 is 1.32 bits per heavy atom. The maximum atomic E-state index is 12.5. The molecule has 4 atom stereocenters. The Hall–Kier alpha value is -1.68. The lowest BCUT2D eigenvalue weighted by Gasteiger charge is -2.32. The van der Waals surface area contributed by atoms with E-state index in [0.29, 0.717) is 11.8 Å². The average molecular weight is 299 g/mol. The minimum absolute atomic E-state index is 0.0700. The third kappa shape index (κ3) is 3.07. The van der Waals surface area contributed by atoms with E-state index in [9.17, 15) is 4.79 Å². The summed E-state index contributed by atoms with van der Waals surface area (Å²) in [5, 5.41) is 6.59. The molecule has 1 saturated heterocycles. The summed E-state index contributed by atoms with van der Waals surface area (Å²) < 4.78 is 0. The van der Waals surface area contributed by atoms with Crippen molar-refractivity contribution in [2.45, 2.75) is 26.3 Å². The summed E-state index contributed by atoms with van der Waals surface area (Å²) in [6.07, 6.45) is 11.8. The lowest BCUT2D eigenvalue weighted by atomic mass is 9.86. The van der Waals surface area contributed by atoms with Gasteiger partial charge in [0, 0.05) is 29.8 Å². The minimum atomic E-state index is -0.349. The summed E-state index contributed by atoms with van der Waals surface area (Å²) in [5.41, 5.74) is 0.830. The van der Waals surface area contributed by atoms with E-state index in [-0.39, 0.29) is 23.3 Å². The molecule has 0 spiro atoms. The van der Waals surface area contributed by atoms with Crippen LogP contribution in [0.15, 0.2) is 41.1 Å². The Bertz CT molecular complexity index is 561. The van der Waals surface area contributed by atoms with Crippen LogP contribution in [0.1, 0.15) is 20.8 Å². The Morgan fingerprint density at radius 3 is 2.77 bits per heavy atom. The standard InChI is InChI=1S/C18H25N3O/c1-12-6-4-5-7-19-9-13(8-12)18(2,3)21-17(22)16-14-10-20-11-15(14)16/h4-9,13-16,20H,10-11H2,1-3H3,(H,21,22)/b6-4?,7-5+,12-8?,19-9?/t13?,14-,15+,16?. The number of rotatable bonds is 3. The second kappa shape index (κ2) is 5.84. The molecule has 1 saturated carbocycles. The van der Waals surface area contributed by atoms with Crippen LogP contribution in [0.25, 0.3) is 0 Å². The minimum Gasteiger partial charge on any atom is -0.350 e. The third-order valence-corrected chi connectivity index (χ3v) is 5.00. The van der Waals surface area contributed by atoms with Gasteiger partial charge in [0.05, 0.1) is 0 Å². The third-order valence-electron chi connectivity index (χ3n) is 5.00. The van der Waals surface area contributed by atoms with Gasteiger partial charge in [0.1, 0.15) is 0 Å². The molecule has 2 N–H and O–H groups in total. The molecule has 0 radical (unpaired) electrons. The predicted octanol–water partition coefficient (Wildman–Crippen LogP) is 2.06. The molecule has 3 aliphatic rings. The fraction of sp³-hybridized carbons (Fsp3) is 0.556. The zero-order valence-electron chi connectivity index (χ0n) is 13.5. The molecule has 118 valence electrons. The number of carbonyl (C=O) groups excluding carboxylic acids is 1. The molecule has 2 fully saturated rings. The van der Waals surface area contributed by atoms with E-state index >= 15 is 0 Å². The Kier molecular flexibility index (Phi) is 4.04. The fourth-order valence-corrected chi connectivity index (χ4v) is 3.52. The van der Waals surface area contributed by atoms with Crippen molar-refractivity contribution in [3.8, 4) is 0 Å². The zero-order chi connectivity index (χ0) is 15.7. The molecule has 2 unspecified atom stereocenters. The SMILES string of the molecule is CC1=CC(C(C)(C)NC(=O)C2[C@H]3CNC[C@@H]23)C=N/C=C/C=C1. The van der Waals surface area contributed by atoms with Crippen LogP contribution in [-0.4, -0.2) is 30.8 Å². The van der Waals surface area contributed by atoms with Gasteiger partial charge in [-0.1, -0.05) is 23.8 Å². The van der Waals surface area contributed by atoms with Crippen molar-refractivity contribution < 1.29 is 4.79 Å². The Balaban J connectivity index is 1.70. The lowest BCUT2D eigenvalue weighted by molar-refractivity contribution is -0.124. The van der Waals surface area contributed by atoms with Crippen LogP contribution in [0.3, 0.4) is 0 Å². The highest BCUT2D eigenvalue weighted by molar-refractivity contribution is 5.84. The molecule has 0 aromatic carbocycles. The van der Waals surface area contributed by atoms with Crippen LogP contribution >= 0.6 is 0 Å². The number of nitrogens with zero attached hydrogens (tertiary/aromatic N) is 1. The van der Waals surface area contributed by atoms with Gasteiger partial charge >= 0.3 is 0 Å². The molecule has 2 heterocycles. The largest absolute Gasteiger partial charge is 0.350 e. The van der Waals surface area contributed by atoms with Gasteiger partial charge in [-0.3, -0.25) is 9.79 Å². The van der Waals surface area contributed by atoms with Gasteiger partial charge in [-0.15, -0.1) is 0 Å². The predicted molar refractivity (Wildman–Crippen MR) is 89.6 cm³/mol. The quantitative estimate of drug-likeness (QED) is 0.838. The lowest BCUT2D eigenvalue weighted by Crippen LogP contribution is -2.50. The van der Waals surface area contributed by atoms with E-state index in [4.69, 9.17) is 0 Å². The second-order valence-electron chi connectivity index (χ2n) is 7.16. The van der Waals surface area contributed by atoms with Gasteiger partial charge < -0.3 is 10.6 Å². The van der Waals surface area contributed by atoms with Crippen LogP contribution in [0, 0.1) is 23.7 Å². The van der Waals surface area contributed by atoms with E-state index in [1.54, 1.807) is 6.20 Å². The van der Waals surface area contributed by atoms with Gasteiger partial charge in [0.15, 0.2) is 0 Å². The van der Waals surface area contributed by atoms with Crippen LogP contribution in [0.5, 0.6) is 0 Å². The summed E-state index contributed by atoms with van der Waals surface area (Å²) in [7, 11) is 0. The number of amides is 1. The average Bonchev–Trinajstić information content (AvgIpc) is 2.91. The van der Waals surface area contributed by atoms with Crippen LogP contribution in [0.4, 0.5) is 0 Å². The molecule has 3 rings (SSSR count). The topological polar surface area (TPSA) is 53.5 Å². The molecule has 22 heavy (non-hydrogen) atoms. The zero-order valence-corrected chi connectivity index (χ0v) is 13.5. The van der Waals surface area contributed by atoms with E-state index in [1.165, 1.54) is 5.57 Å². The highest BCUT2D eigenvalue weighted by atomic mass is 16.2. The normalized spacial score (nSPS) is 35.0. The summed E-state index contributed by atoms with van der Waals surface area (Å²) >= 11 is 0. The Labute approximate surface area is 132 Å². The van der Waals surface area contributed by atoms with Crippen molar-refractivity contribution >= 4 is 12.1 Å². The summed E-state index contributed by atoms with van der Waals surface area (Å²) in [6.45, 7) is 8.21. The van der Waals surface area contributed by atoms with Crippen molar-refractivity contribution in [3.63, 3.8) is 0 Å². The molecule has 4 heteroatoms. The first-order chi connectivity index (χ1) is 10.5. The first-order valence-electron chi connectivity index (χ1n) is 8.07. The maximum Gasteiger partial charge on any atom is 0.224 e.